The smallest absolute Gasteiger partial charge is 0.230 e. The molecule has 7 nitrogen and oxygen atoms in total. The standard InChI is InChI=1S/C16H16ClN5O2S/c1-10(11-4-6-12(17)7-5-11)19-14(23)9-25-16-21-20-15(22(16)18)13-3-2-8-24-13/h2-8,10H,9,18H2,1H3,(H,19,23). The van der Waals surface area contributed by atoms with Crippen LogP contribution in [-0.2, 0) is 4.79 Å². The van der Waals surface area contributed by atoms with E-state index in [9.17, 15) is 4.79 Å². The topological polar surface area (TPSA) is 99.0 Å². The number of furan rings is 1. The molecule has 0 radical (unpaired) electrons. The lowest BCUT2D eigenvalue weighted by Crippen LogP contribution is -2.28. The van der Waals surface area contributed by atoms with Crippen molar-refractivity contribution in [1.29, 1.82) is 0 Å². The number of thioether (sulfide) groups is 1. The number of amides is 1. The van der Waals surface area contributed by atoms with Gasteiger partial charge in [-0.1, -0.05) is 35.5 Å². The highest BCUT2D eigenvalue weighted by molar-refractivity contribution is 7.99. The molecule has 1 unspecified atom stereocenters. The Kier molecular flexibility index (Phi) is 5.30. The molecule has 0 spiro atoms. The molecule has 0 bridgehead atoms. The van der Waals surface area contributed by atoms with Crippen molar-refractivity contribution in [2.75, 3.05) is 11.6 Å². The van der Waals surface area contributed by atoms with E-state index in [4.69, 9.17) is 21.9 Å². The van der Waals surface area contributed by atoms with Crippen molar-refractivity contribution < 1.29 is 9.21 Å². The molecule has 2 heterocycles. The van der Waals surface area contributed by atoms with E-state index in [0.717, 1.165) is 5.56 Å². The summed E-state index contributed by atoms with van der Waals surface area (Å²) >= 11 is 7.07. The lowest BCUT2D eigenvalue weighted by atomic mass is 10.1. The third kappa shape index (κ3) is 4.15. The molecule has 0 aliphatic heterocycles. The number of hydrogen-bond acceptors (Lipinski definition) is 6. The second-order valence-electron chi connectivity index (χ2n) is 5.28. The Balaban J connectivity index is 1.56. The molecule has 3 N–H and O–H groups in total. The highest BCUT2D eigenvalue weighted by Gasteiger charge is 2.16. The van der Waals surface area contributed by atoms with Crippen LogP contribution in [0.15, 0.2) is 52.2 Å². The number of aromatic nitrogens is 3. The molecule has 3 aromatic rings. The average molecular weight is 378 g/mol. The minimum atomic E-state index is -0.130. The number of carbonyl (C=O) groups is 1. The third-order valence-electron chi connectivity index (χ3n) is 3.49. The maximum Gasteiger partial charge on any atom is 0.230 e. The van der Waals surface area contributed by atoms with Crippen molar-refractivity contribution >= 4 is 29.3 Å². The number of hydrogen-bond donors (Lipinski definition) is 2. The van der Waals surface area contributed by atoms with Crippen LogP contribution in [0.5, 0.6) is 0 Å². The first-order valence-electron chi connectivity index (χ1n) is 7.46. The minimum Gasteiger partial charge on any atom is -0.461 e. The van der Waals surface area contributed by atoms with Crippen molar-refractivity contribution in [3.63, 3.8) is 0 Å². The predicted molar refractivity (Wildman–Crippen MR) is 96.6 cm³/mol. The van der Waals surface area contributed by atoms with Crippen LogP contribution in [0.2, 0.25) is 5.02 Å². The lowest BCUT2D eigenvalue weighted by molar-refractivity contribution is -0.119. The normalized spacial score (nSPS) is 12.1. The molecule has 1 aromatic carbocycles. The predicted octanol–water partition coefficient (Wildman–Crippen LogP) is 2.87. The van der Waals surface area contributed by atoms with Crippen LogP contribution in [0.4, 0.5) is 0 Å². The first kappa shape index (κ1) is 17.4. The van der Waals surface area contributed by atoms with Gasteiger partial charge in [0.25, 0.3) is 0 Å². The molecule has 0 fully saturated rings. The van der Waals surface area contributed by atoms with Crippen molar-refractivity contribution in [3.05, 3.63) is 53.2 Å². The summed E-state index contributed by atoms with van der Waals surface area (Å²) in [5.41, 5.74) is 0.977. The van der Waals surface area contributed by atoms with E-state index in [0.29, 0.717) is 21.8 Å². The molecule has 0 saturated carbocycles. The van der Waals surface area contributed by atoms with Gasteiger partial charge in [-0.05, 0) is 36.8 Å². The van der Waals surface area contributed by atoms with Gasteiger partial charge in [0.1, 0.15) is 0 Å². The van der Waals surface area contributed by atoms with Crippen LogP contribution in [0.25, 0.3) is 11.6 Å². The van der Waals surface area contributed by atoms with Gasteiger partial charge in [0.15, 0.2) is 5.76 Å². The molecular weight excluding hydrogens is 362 g/mol. The maximum absolute atomic E-state index is 12.1. The summed E-state index contributed by atoms with van der Waals surface area (Å²) in [6, 6.07) is 10.7. The van der Waals surface area contributed by atoms with Crippen molar-refractivity contribution in [3.8, 4) is 11.6 Å². The summed E-state index contributed by atoms with van der Waals surface area (Å²) in [6.45, 7) is 1.91. The number of carbonyl (C=O) groups excluding carboxylic acids is 1. The van der Waals surface area contributed by atoms with E-state index < -0.39 is 0 Å². The van der Waals surface area contributed by atoms with Gasteiger partial charge >= 0.3 is 0 Å². The van der Waals surface area contributed by atoms with E-state index in [-0.39, 0.29) is 17.7 Å². The van der Waals surface area contributed by atoms with Gasteiger partial charge < -0.3 is 15.6 Å². The Morgan fingerprint density at radius 2 is 2.12 bits per heavy atom. The average Bonchev–Trinajstić information content (AvgIpc) is 3.23. The first-order chi connectivity index (χ1) is 12.0. The summed E-state index contributed by atoms with van der Waals surface area (Å²) in [4.78, 5) is 12.1. The lowest BCUT2D eigenvalue weighted by Gasteiger charge is -2.14. The summed E-state index contributed by atoms with van der Waals surface area (Å²) in [5.74, 6) is 6.92. The van der Waals surface area contributed by atoms with Crippen LogP contribution < -0.4 is 11.2 Å². The molecule has 25 heavy (non-hydrogen) atoms. The Labute approximate surface area is 153 Å². The van der Waals surface area contributed by atoms with E-state index >= 15 is 0 Å². The molecule has 0 aliphatic rings. The Bertz CT molecular complexity index is 848. The Morgan fingerprint density at radius 3 is 2.80 bits per heavy atom. The van der Waals surface area contributed by atoms with Gasteiger partial charge in [0, 0.05) is 5.02 Å². The zero-order chi connectivity index (χ0) is 17.8. The van der Waals surface area contributed by atoms with Gasteiger partial charge in [0.2, 0.25) is 16.9 Å². The maximum atomic E-state index is 12.1. The number of nitrogens with one attached hydrogen (secondary N) is 1. The second-order valence-corrected chi connectivity index (χ2v) is 6.66. The van der Waals surface area contributed by atoms with E-state index in [1.54, 1.807) is 24.3 Å². The van der Waals surface area contributed by atoms with Crippen LogP contribution in [-0.4, -0.2) is 26.5 Å². The quantitative estimate of drug-likeness (QED) is 0.506. The molecule has 2 aromatic heterocycles. The van der Waals surface area contributed by atoms with Gasteiger partial charge in [-0.25, -0.2) is 4.68 Å². The highest BCUT2D eigenvalue weighted by atomic mass is 35.5. The SMILES string of the molecule is CC(NC(=O)CSc1nnc(-c2ccco2)n1N)c1ccc(Cl)cc1. The summed E-state index contributed by atoms with van der Waals surface area (Å²) < 4.78 is 6.55. The van der Waals surface area contributed by atoms with Crippen LogP contribution >= 0.6 is 23.4 Å². The number of nitrogens with zero attached hydrogens (tertiary/aromatic N) is 3. The van der Waals surface area contributed by atoms with E-state index in [1.807, 2.05) is 19.1 Å². The number of nitrogen functional groups attached to an aromatic ring is 1. The zero-order valence-electron chi connectivity index (χ0n) is 13.3. The van der Waals surface area contributed by atoms with Gasteiger partial charge in [0.05, 0.1) is 18.1 Å². The van der Waals surface area contributed by atoms with Gasteiger partial charge in [-0.15, -0.1) is 10.2 Å². The van der Waals surface area contributed by atoms with Crippen molar-refractivity contribution in [2.24, 2.45) is 0 Å². The van der Waals surface area contributed by atoms with Gasteiger partial charge in [-0.3, -0.25) is 4.79 Å². The fourth-order valence-electron chi connectivity index (χ4n) is 2.20. The van der Waals surface area contributed by atoms with Crippen molar-refractivity contribution in [1.82, 2.24) is 20.2 Å². The zero-order valence-corrected chi connectivity index (χ0v) is 14.9. The number of benzene rings is 1. The minimum absolute atomic E-state index is 0.125. The summed E-state index contributed by atoms with van der Waals surface area (Å²) in [7, 11) is 0. The summed E-state index contributed by atoms with van der Waals surface area (Å²) in [6.07, 6.45) is 1.53. The Morgan fingerprint density at radius 1 is 1.36 bits per heavy atom. The first-order valence-corrected chi connectivity index (χ1v) is 8.83. The molecule has 1 atom stereocenters. The van der Waals surface area contributed by atoms with Gasteiger partial charge in [-0.2, -0.15) is 0 Å². The van der Waals surface area contributed by atoms with Crippen LogP contribution in [0.3, 0.4) is 0 Å². The monoisotopic (exact) mass is 377 g/mol. The molecule has 130 valence electrons. The molecule has 0 aliphatic carbocycles. The second kappa shape index (κ2) is 7.62. The molecule has 9 heteroatoms. The molecule has 0 saturated heterocycles. The van der Waals surface area contributed by atoms with E-state index in [1.165, 1.54) is 22.7 Å². The Hall–Kier alpha value is -2.45. The fourth-order valence-corrected chi connectivity index (χ4v) is 2.99. The fraction of sp³-hybridized carbons (Fsp3) is 0.188. The molecular formula is C16H16ClN5O2S. The largest absolute Gasteiger partial charge is 0.461 e. The number of rotatable bonds is 6. The highest BCUT2D eigenvalue weighted by Crippen LogP contribution is 2.22. The number of nitrogens with two attached hydrogens (primary N) is 1. The van der Waals surface area contributed by atoms with E-state index in [2.05, 4.69) is 15.5 Å². The van der Waals surface area contributed by atoms with Crippen LogP contribution in [0, 0.1) is 0 Å². The molecule has 3 rings (SSSR count). The summed E-state index contributed by atoms with van der Waals surface area (Å²) in [5, 5.41) is 12.0. The molecule has 1 amide bonds. The van der Waals surface area contributed by atoms with Crippen molar-refractivity contribution in [2.45, 2.75) is 18.1 Å². The van der Waals surface area contributed by atoms with Crippen LogP contribution in [0.1, 0.15) is 18.5 Å². The third-order valence-corrected chi connectivity index (χ3v) is 4.68. The number of halogens is 1.